The number of hydrogen-bond acceptors (Lipinski definition) is 9. The van der Waals surface area contributed by atoms with Crippen LogP contribution in [0.25, 0.3) is 0 Å². The second kappa shape index (κ2) is 14.8. The molecule has 7 unspecified atom stereocenters. The van der Waals surface area contributed by atoms with Gasteiger partial charge in [-0.3, -0.25) is 25.6 Å². The van der Waals surface area contributed by atoms with E-state index in [0.29, 0.717) is 44.5 Å². The number of likely N-dealkylation sites (tertiary alicyclic amines) is 2. The van der Waals surface area contributed by atoms with Gasteiger partial charge in [-0.05, 0) is 95.7 Å². The lowest BCUT2D eigenvalue weighted by atomic mass is 9.74. The summed E-state index contributed by atoms with van der Waals surface area (Å²) in [5, 5.41) is 24.9. The fourth-order valence-electron chi connectivity index (χ4n) is 8.19. The number of β-amino-alcohol motifs (C(OH)–C–C–N with tert-alkyl or cyclic N) is 1. The minimum atomic E-state index is -0.529. The summed E-state index contributed by atoms with van der Waals surface area (Å²) in [6, 6.07) is 0.592. The van der Waals surface area contributed by atoms with Crippen LogP contribution in [0.1, 0.15) is 77.0 Å². The van der Waals surface area contributed by atoms with Gasteiger partial charge in [-0.15, -0.1) is 0 Å². The molecule has 0 aromatic rings. The lowest BCUT2D eigenvalue weighted by Gasteiger charge is -2.45. The molecule has 2 saturated carbocycles. The lowest BCUT2D eigenvalue weighted by Crippen LogP contribution is -2.63. The molecular weight excluding hydrogens is 520 g/mol. The van der Waals surface area contributed by atoms with Crippen molar-refractivity contribution in [2.75, 3.05) is 59.2 Å². The number of ether oxygens (including phenoxy) is 2. The maximum absolute atomic E-state index is 13.4. The minimum absolute atomic E-state index is 0.0161. The van der Waals surface area contributed by atoms with Crippen molar-refractivity contribution >= 4 is 5.91 Å². The molecule has 6 aliphatic rings. The van der Waals surface area contributed by atoms with E-state index in [-0.39, 0.29) is 30.3 Å². The average molecular weight is 577 g/mol. The molecule has 1 amide bonds. The third-order valence-corrected chi connectivity index (χ3v) is 10.9. The molecule has 41 heavy (non-hydrogen) atoms. The summed E-state index contributed by atoms with van der Waals surface area (Å²) in [6.45, 7) is 7.55. The Hall–Kier alpha value is -0.850. The minimum Gasteiger partial charge on any atom is -0.390 e. The van der Waals surface area contributed by atoms with Crippen molar-refractivity contribution in [1.29, 1.82) is 0 Å². The summed E-state index contributed by atoms with van der Waals surface area (Å²) in [5.74, 6) is 1.51. The topological polar surface area (TPSA) is 110 Å². The Labute approximate surface area is 247 Å². The highest BCUT2D eigenvalue weighted by atomic mass is 16.5. The summed E-state index contributed by atoms with van der Waals surface area (Å²) < 4.78 is 11.8. The highest BCUT2D eigenvalue weighted by Gasteiger charge is 2.38. The van der Waals surface area contributed by atoms with E-state index in [1.54, 1.807) is 0 Å². The molecular formula is C31H56N6O4. The standard InChI is InChI=1S/C31H56N6O4/c38-26(19-36-12-9-22-13-27(8-7-23(22)18-36)40-20-28-17-32-21-41-28)16-33-31(39)24-14-29(34-25-5-4-6-25)35-30(15-24)37-10-2-1-3-11-37/h22-30,32,34-35,38H,1-21H2,(H,33,39)/t22?,23?,24?,26-,27?,28?,29?,30?/m0/s1. The van der Waals surface area contributed by atoms with Crippen LogP contribution in [0.15, 0.2) is 0 Å². The van der Waals surface area contributed by atoms with Gasteiger partial charge in [0.25, 0.3) is 0 Å². The van der Waals surface area contributed by atoms with Crippen molar-refractivity contribution in [3.63, 3.8) is 0 Å². The number of carbonyl (C=O) groups is 1. The first kappa shape index (κ1) is 30.2. The summed E-state index contributed by atoms with van der Waals surface area (Å²) in [5.41, 5.74) is 0. The molecule has 4 heterocycles. The second-order valence-corrected chi connectivity index (χ2v) is 13.9. The van der Waals surface area contributed by atoms with Crippen LogP contribution in [0, 0.1) is 17.8 Å². The number of nitrogens with zero attached hydrogens (tertiary/aromatic N) is 2. The van der Waals surface area contributed by atoms with Crippen molar-refractivity contribution < 1.29 is 19.4 Å². The number of hydrogen-bond donors (Lipinski definition) is 5. The van der Waals surface area contributed by atoms with Gasteiger partial charge in [-0.25, -0.2) is 0 Å². The van der Waals surface area contributed by atoms with E-state index in [4.69, 9.17) is 9.47 Å². The molecule has 0 spiro atoms. The summed E-state index contributed by atoms with van der Waals surface area (Å²) >= 11 is 0. The van der Waals surface area contributed by atoms with Crippen LogP contribution in [-0.4, -0.2) is 117 Å². The Kier molecular flexibility index (Phi) is 10.9. The molecule has 10 nitrogen and oxygen atoms in total. The molecule has 0 radical (unpaired) electrons. The summed E-state index contributed by atoms with van der Waals surface area (Å²) in [6.07, 6.45) is 14.4. The lowest BCUT2D eigenvalue weighted by molar-refractivity contribution is -0.128. The number of nitrogens with one attached hydrogen (secondary N) is 4. The van der Waals surface area contributed by atoms with Crippen LogP contribution in [0.4, 0.5) is 0 Å². The molecule has 4 aliphatic heterocycles. The fourth-order valence-corrected chi connectivity index (χ4v) is 8.19. The molecule has 2 aliphatic carbocycles. The zero-order valence-electron chi connectivity index (χ0n) is 25.1. The normalized spacial score (nSPS) is 38.2. The molecule has 10 heteroatoms. The van der Waals surface area contributed by atoms with Crippen LogP contribution < -0.4 is 21.3 Å². The van der Waals surface area contributed by atoms with Gasteiger partial charge in [0.15, 0.2) is 0 Å². The van der Waals surface area contributed by atoms with Gasteiger partial charge in [0, 0.05) is 38.1 Å². The third-order valence-electron chi connectivity index (χ3n) is 10.9. The molecule has 6 fully saturated rings. The van der Waals surface area contributed by atoms with Crippen LogP contribution in [0.2, 0.25) is 0 Å². The van der Waals surface area contributed by atoms with Gasteiger partial charge in [0.1, 0.15) is 0 Å². The van der Waals surface area contributed by atoms with Gasteiger partial charge in [0.05, 0.1) is 44.0 Å². The number of rotatable bonds is 11. The first-order valence-electron chi connectivity index (χ1n) is 17.0. The Morgan fingerprint density at radius 1 is 1.00 bits per heavy atom. The number of aliphatic hydroxyl groups excluding tert-OH is 1. The predicted octanol–water partition coefficient (Wildman–Crippen LogP) is 1.20. The Morgan fingerprint density at radius 2 is 1.88 bits per heavy atom. The van der Waals surface area contributed by atoms with E-state index in [9.17, 15) is 9.90 Å². The monoisotopic (exact) mass is 576 g/mol. The van der Waals surface area contributed by atoms with Gasteiger partial charge >= 0.3 is 0 Å². The summed E-state index contributed by atoms with van der Waals surface area (Å²) in [4.78, 5) is 18.3. The Balaban J connectivity index is 0.917. The van der Waals surface area contributed by atoms with Crippen molar-refractivity contribution in [3.8, 4) is 0 Å². The van der Waals surface area contributed by atoms with Crippen LogP contribution >= 0.6 is 0 Å². The zero-order valence-corrected chi connectivity index (χ0v) is 25.1. The van der Waals surface area contributed by atoms with E-state index in [1.807, 2.05) is 0 Å². The van der Waals surface area contributed by atoms with Crippen molar-refractivity contribution in [3.05, 3.63) is 0 Å². The molecule has 6 rings (SSSR count). The van der Waals surface area contributed by atoms with Gasteiger partial charge in [0.2, 0.25) is 5.91 Å². The highest BCUT2D eigenvalue weighted by Crippen LogP contribution is 2.37. The molecule has 8 atom stereocenters. The zero-order chi connectivity index (χ0) is 28.0. The highest BCUT2D eigenvalue weighted by molar-refractivity contribution is 5.78. The van der Waals surface area contributed by atoms with Crippen LogP contribution in [0.5, 0.6) is 0 Å². The largest absolute Gasteiger partial charge is 0.390 e. The van der Waals surface area contributed by atoms with E-state index < -0.39 is 6.10 Å². The quantitative estimate of drug-likeness (QED) is 0.248. The van der Waals surface area contributed by atoms with Gasteiger partial charge in [-0.2, -0.15) is 0 Å². The molecule has 5 N–H and O–H groups in total. The Bertz CT molecular complexity index is 820. The SMILES string of the molecule is O=C(NC[C@H](O)CN1CCC2CC(OCC3CNCO3)CCC2C1)C1CC(NC2CCC2)NC(N2CCCCC2)C1. The van der Waals surface area contributed by atoms with E-state index in [2.05, 4.69) is 31.1 Å². The molecule has 234 valence electrons. The smallest absolute Gasteiger partial charge is 0.223 e. The van der Waals surface area contributed by atoms with Crippen LogP contribution in [-0.2, 0) is 14.3 Å². The van der Waals surface area contributed by atoms with E-state index in [1.165, 1.54) is 51.4 Å². The number of fused-ring (bicyclic) bond motifs is 1. The average Bonchev–Trinajstić information content (AvgIpc) is 3.51. The first-order chi connectivity index (χ1) is 20.1. The number of carbonyl (C=O) groups excluding carboxylic acids is 1. The molecule has 0 aromatic heterocycles. The predicted molar refractivity (Wildman–Crippen MR) is 158 cm³/mol. The molecule has 0 bridgehead atoms. The maximum atomic E-state index is 13.4. The van der Waals surface area contributed by atoms with Crippen molar-refractivity contribution in [2.45, 2.75) is 114 Å². The van der Waals surface area contributed by atoms with Crippen molar-refractivity contribution in [1.82, 2.24) is 31.1 Å². The van der Waals surface area contributed by atoms with Crippen molar-refractivity contribution in [2.24, 2.45) is 17.8 Å². The second-order valence-electron chi connectivity index (χ2n) is 13.9. The Morgan fingerprint density at radius 3 is 2.66 bits per heavy atom. The maximum Gasteiger partial charge on any atom is 0.223 e. The molecule has 0 aromatic carbocycles. The van der Waals surface area contributed by atoms with Crippen LogP contribution in [0.3, 0.4) is 0 Å². The number of amides is 1. The third kappa shape index (κ3) is 8.41. The number of aliphatic hydroxyl groups is 1. The first-order valence-corrected chi connectivity index (χ1v) is 17.0. The van der Waals surface area contributed by atoms with Gasteiger partial charge < -0.3 is 24.8 Å². The van der Waals surface area contributed by atoms with Gasteiger partial charge in [-0.1, -0.05) is 12.8 Å². The van der Waals surface area contributed by atoms with E-state index >= 15 is 0 Å². The number of piperidine rings is 3. The summed E-state index contributed by atoms with van der Waals surface area (Å²) in [7, 11) is 0. The van der Waals surface area contributed by atoms with E-state index in [0.717, 1.165) is 64.3 Å². The fraction of sp³-hybridized carbons (Fsp3) is 0.968. The molecule has 4 saturated heterocycles.